The number of fused-ring (bicyclic) bond motifs is 1. The fourth-order valence-corrected chi connectivity index (χ4v) is 1.93. The van der Waals surface area contributed by atoms with Crippen molar-refractivity contribution in [2.75, 3.05) is 5.01 Å². The van der Waals surface area contributed by atoms with Gasteiger partial charge >= 0.3 is 0 Å². The van der Waals surface area contributed by atoms with Crippen molar-refractivity contribution in [1.29, 1.82) is 0 Å². The molecule has 0 spiro atoms. The summed E-state index contributed by atoms with van der Waals surface area (Å²) in [6.45, 7) is 4.20. The number of hydrazine groups is 1. The molecule has 6 nitrogen and oxygen atoms in total. The van der Waals surface area contributed by atoms with E-state index in [4.69, 9.17) is 5.84 Å². The quantitative estimate of drug-likeness (QED) is 0.637. The zero-order chi connectivity index (χ0) is 12.0. The predicted molar refractivity (Wildman–Crippen MR) is 65.4 cm³/mol. The maximum absolute atomic E-state index is 6.05. The molecule has 0 radical (unpaired) electrons. The third-order valence-corrected chi connectivity index (χ3v) is 3.08. The Hall–Kier alpha value is -1.69. The maximum atomic E-state index is 6.05. The van der Waals surface area contributed by atoms with Gasteiger partial charge in [0.15, 0.2) is 17.0 Å². The van der Waals surface area contributed by atoms with Gasteiger partial charge in [0.05, 0.1) is 6.33 Å². The van der Waals surface area contributed by atoms with Crippen LogP contribution >= 0.6 is 0 Å². The zero-order valence-electron chi connectivity index (χ0n) is 10.0. The molecule has 2 aromatic heterocycles. The van der Waals surface area contributed by atoms with Crippen LogP contribution in [-0.4, -0.2) is 25.6 Å². The average molecular weight is 232 g/mol. The smallest absolute Gasteiger partial charge is 0.174 e. The number of nitrogens with zero attached hydrogens (tertiary/aromatic N) is 5. The Morgan fingerprint density at radius 3 is 2.76 bits per heavy atom. The van der Waals surface area contributed by atoms with E-state index in [2.05, 4.69) is 28.8 Å². The van der Waals surface area contributed by atoms with Crippen LogP contribution in [0.15, 0.2) is 12.7 Å². The molecule has 17 heavy (non-hydrogen) atoms. The van der Waals surface area contributed by atoms with Gasteiger partial charge in [-0.1, -0.05) is 0 Å². The normalized spacial score (nSPS) is 15.8. The van der Waals surface area contributed by atoms with Crippen molar-refractivity contribution in [2.24, 2.45) is 5.84 Å². The average Bonchev–Trinajstić information content (AvgIpc) is 3.06. The number of hydrogen-bond donors (Lipinski definition) is 1. The Morgan fingerprint density at radius 2 is 2.12 bits per heavy atom. The lowest BCUT2D eigenvalue weighted by Gasteiger charge is -2.16. The van der Waals surface area contributed by atoms with Crippen molar-refractivity contribution in [3.8, 4) is 0 Å². The molecule has 0 saturated heterocycles. The number of aromatic nitrogens is 4. The van der Waals surface area contributed by atoms with Gasteiger partial charge in [-0.15, -0.1) is 0 Å². The van der Waals surface area contributed by atoms with Crippen molar-refractivity contribution >= 4 is 17.0 Å². The minimum absolute atomic E-state index is 0.329. The van der Waals surface area contributed by atoms with E-state index in [1.54, 1.807) is 17.7 Å². The fourth-order valence-electron chi connectivity index (χ4n) is 1.93. The van der Waals surface area contributed by atoms with Gasteiger partial charge in [0.25, 0.3) is 0 Å². The summed E-state index contributed by atoms with van der Waals surface area (Å²) in [4.78, 5) is 12.9. The third-order valence-electron chi connectivity index (χ3n) is 3.08. The minimum atomic E-state index is 0.329. The molecule has 6 heteroatoms. The molecular weight excluding hydrogens is 216 g/mol. The SMILES string of the molecule is CC(C)n1cnc2c(N(N)C3CC3)ncnc21. The Kier molecular flexibility index (Phi) is 2.25. The van der Waals surface area contributed by atoms with Crippen LogP contribution < -0.4 is 10.9 Å². The Labute approximate surface area is 99.4 Å². The highest BCUT2D eigenvalue weighted by molar-refractivity contribution is 5.83. The molecular formula is C11H16N6. The monoisotopic (exact) mass is 232 g/mol. The van der Waals surface area contributed by atoms with E-state index in [1.807, 2.05) is 4.57 Å². The van der Waals surface area contributed by atoms with E-state index in [0.717, 1.165) is 29.8 Å². The Morgan fingerprint density at radius 1 is 1.35 bits per heavy atom. The largest absolute Gasteiger partial charge is 0.313 e. The fraction of sp³-hybridized carbons (Fsp3) is 0.545. The van der Waals surface area contributed by atoms with E-state index in [1.165, 1.54) is 0 Å². The van der Waals surface area contributed by atoms with E-state index in [9.17, 15) is 0 Å². The summed E-state index contributed by atoms with van der Waals surface area (Å²) in [6, 6.07) is 0.743. The molecule has 2 heterocycles. The van der Waals surface area contributed by atoms with Gasteiger partial charge in [-0.25, -0.2) is 20.8 Å². The number of nitrogens with two attached hydrogens (primary N) is 1. The van der Waals surface area contributed by atoms with E-state index in [-0.39, 0.29) is 0 Å². The first-order valence-corrected chi connectivity index (χ1v) is 5.90. The summed E-state index contributed by atoms with van der Waals surface area (Å²) in [6.07, 6.45) is 5.62. The van der Waals surface area contributed by atoms with Gasteiger partial charge in [-0.05, 0) is 26.7 Å². The van der Waals surface area contributed by atoms with Crippen molar-refractivity contribution in [1.82, 2.24) is 19.5 Å². The molecule has 1 fully saturated rings. The van der Waals surface area contributed by atoms with Crippen molar-refractivity contribution in [2.45, 2.75) is 38.8 Å². The molecule has 0 aliphatic heterocycles. The van der Waals surface area contributed by atoms with Crippen LogP contribution in [-0.2, 0) is 0 Å². The summed E-state index contributed by atoms with van der Waals surface area (Å²) >= 11 is 0. The standard InChI is InChI=1S/C11H16N6/c1-7(2)16-6-15-9-10(16)13-5-14-11(9)17(12)8-3-4-8/h5-8H,3-4,12H2,1-2H3. The van der Waals surface area contributed by atoms with Crippen LogP contribution in [0.4, 0.5) is 5.82 Å². The van der Waals surface area contributed by atoms with Crippen LogP contribution in [0.25, 0.3) is 11.2 Å². The molecule has 90 valence electrons. The van der Waals surface area contributed by atoms with Crippen LogP contribution in [0.1, 0.15) is 32.7 Å². The minimum Gasteiger partial charge on any atom is -0.313 e. The highest BCUT2D eigenvalue weighted by Gasteiger charge is 2.30. The second-order valence-corrected chi connectivity index (χ2v) is 4.75. The predicted octanol–water partition coefficient (Wildman–Crippen LogP) is 1.25. The Balaban J connectivity index is 2.13. The van der Waals surface area contributed by atoms with Crippen LogP contribution in [0.2, 0.25) is 0 Å². The van der Waals surface area contributed by atoms with Crippen molar-refractivity contribution in [3.63, 3.8) is 0 Å². The topological polar surface area (TPSA) is 72.9 Å². The molecule has 1 saturated carbocycles. The number of imidazole rings is 1. The first kappa shape index (κ1) is 10.5. The second-order valence-electron chi connectivity index (χ2n) is 4.75. The summed E-state index contributed by atoms with van der Waals surface area (Å²) < 4.78 is 2.03. The highest BCUT2D eigenvalue weighted by Crippen LogP contribution is 2.30. The second kappa shape index (κ2) is 3.66. The van der Waals surface area contributed by atoms with E-state index >= 15 is 0 Å². The highest BCUT2D eigenvalue weighted by atomic mass is 15.5. The first-order chi connectivity index (χ1) is 8.18. The summed E-state index contributed by atoms with van der Waals surface area (Å²) in [5, 5.41) is 1.72. The van der Waals surface area contributed by atoms with Crippen LogP contribution in [0.3, 0.4) is 0 Å². The van der Waals surface area contributed by atoms with Crippen LogP contribution in [0.5, 0.6) is 0 Å². The number of anilines is 1. The molecule has 1 aliphatic rings. The van der Waals surface area contributed by atoms with Gasteiger partial charge in [0.2, 0.25) is 0 Å². The van der Waals surface area contributed by atoms with E-state index in [0.29, 0.717) is 12.1 Å². The number of hydrogen-bond acceptors (Lipinski definition) is 5. The lowest BCUT2D eigenvalue weighted by atomic mass is 10.4. The molecule has 3 rings (SSSR count). The maximum Gasteiger partial charge on any atom is 0.174 e. The van der Waals surface area contributed by atoms with E-state index < -0.39 is 0 Å². The van der Waals surface area contributed by atoms with Gasteiger partial charge < -0.3 is 4.57 Å². The van der Waals surface area contributed by atoms with Crippen LogP contribution in [0, 0.1) is 0 Å². The lowest BCUT2D eigenvalue weighted by Crippen LogP contribution is -2.34. The van der Waals surface area contributed by atoms with Gasteiger partial charge in [0, 0.05) is 12.1 Å². The number of rotatable bonds is 3. The third kappa shape index (κ3) is 1.64. The van der Waals surface area contributed by atoms with Gasteiger partial charge in [-0.3, -0.25) is 5.01 Å². The lowest BCUT2D eigenvalue weighted by molar-refractivity contribution is 0.612. The van der Waals surface area contributed by atoms with Crippen molar-refractivity contribution in [3.05, 3.63) is 12.7 Å². The van der Waals surface area contributed by atoms with Gasteiger partial charge in [-0.2, -0.15) is 0 Å². The molecule has 0 aromatic carbocycles. The summed E-state index contributed by atoms with van der Waals surface area (Å²) in [5.41, 5.74) is 1.64. The molecule has 0 bridgehead atoms. The molecule has 2 aromatic rings. The molecule has 0 atom stereocenters. The molecule has 2 N–H and O–H groups in total. The molecule has 1 aliphatic carbocycles. The van der Waals surface area contributed by atoms with Gasteiger partial charge in [0.1, 0.15) is 6.33 Å². The first-order valence-electron chi connectivity index (χ1n) is 5.90. The Bertz CT molecular complexity index is 542. The summed E-state index contributed by atoms with van der Waals surface area (Å²) in [7, 11) is 0. The van der Waals surface area contributed by atoms with Crippen molar-refractivity contribution < 1.29 is 0 Å². The molecule has 0 amide bonds. The molecule has 0 unspecified atom stereocenters. The summed E-state index contributed by atoms with van der Waals surface area (Å²) in [5.74, 6) is 6.78. The zero-order valence-corrected chi connectivity index (χ0v) is 10.0.